The van der Waals surface area contributed by atoms with E-state index in [2.05, 4.69) is 5.16 Å². The molecule has 0 unspecified atom stereocenters. The molecule has 0 N–H and O–H groups in total. The molecule has 0 aliphatic rings. The summed E-state index contributed by atoms with van der Waals surface area (Å²) in [5.41, 5.74) is 0.793. The fourth-order valence-electron chi connectivity index (χ4n) is 2.13. The fourth-order valence-corrected chi connectivity index (χ4v) is 2.45. The minimum atomic E-state index is -0.797. The molecule has 9 heteroatoms. The van der Waals surface area contributed by atoms with Gasteiger partial charge >= 0.3 is 5.97 Å². The van der Waals surface area contributed by atoms with Crippen molar-refractivity contribution in [2.75, 3.05) is 0 Å². The molecule has 26 heavy (non-hydrogen) atoms. The number of hydrogen-bond donors (Lipinski definition) is 0. The molecular formula is C17H10Cl2N2O5. The van der Waals surface area contributed by atoms with Gasteiger partial charge in [-0.3, -0.25) is 10.1 Å². The van der Waals surface area contributed by atoms with Gasteiger partial charge in [-0.15, -0.1) is 0 Å². The van der Waals surface area contributed by atoms with Crippen molar-refractivity contribution in [1.29, 1.82) is 0 Å². The highest BCUT2D eigenvalue weighted by atomic mass is 35.5. The van der Waals surface area contributed by atoms with E-state index in [9.17, 15) is 14.9 Å². The second-order valence-corrected chi connectivity index (χ2v) is 6.03. The van der Waals surface area contributed by atoms with Crippen molar-refractivity contribution in [1.82, 2.24) is 5.16 Å². The molecule has 0 aliphatic heterocycles. The molecule has 0 spiro atoms. The van der Waals surface area contributed by atoms with Crippen molar-refractivity contribution in [3.63, 3.8) is 0 Å². The molecule has 2 aromatic carbocycles. The van der Waals surface area contributed by atoms with Gasteiger partial charge in [-0.25, -0.2) is 4.79 Å². The number of carbonyl (C=O) groups is 1. The first-order valence-electron chi connectivity index (χ1n) is 7.26. The quantitative estimate of drug-likeness (QED) is 0.347. The van der Waals surface area contributed by atoms with Crippen molar-refractivity contribution in [3.05, 3.63) is 79.9 Å². The Morgan fingerprint density at radius 3 is 2.58 bits per heavy atom. The third-order valence-electron chi connectivity index (χ3n) is 3.42. The summed E-state index contributed by atoms with van der Waals surface area (Å²) in [7, 11) is 0. The van der Waals surface area contributed by atoms with E-state index in [0.717, 1.165) is 11.6 Å². The van der Waals surface area contributed by atoms with Crippen molar-refractivity contribution < 1.29 is 19.0 Å². The smallest absolute Gasteiger partial charge is 0.340 e. The van der Waals surface area contributed by atoms with Crippen molar-refractivity contribution >= 4 is 34.9 Å². The third-order valence-corrected chi connectivity index (χ3v) is 4.00. The monoisotopic (exact) mass is 392 g/mol. The van der Waals surface area contributed by atoms with Crippen LogP contribution in [0.4, 0.5) is 5.69 Å². The van der Waals surface area contributed by atoms with Crippen LogP contribution in [0.25, 0.3) is 11.3 Å². The number of nitrogens with zero attached hydrogens (tertiary/aromatic N) is 2. The van der Waals surface area contributed by atoms with Gasteiger partial charge in [0.05, 0.1) is 15.5 Å². The molecule has 7 nitrogen and oxygen atoms in total. The predicted molar refractivity (Wildman–Crippen MR) is 94.2 cm³/mol. The van der Waals surface area contributed by atoms with Crippen LogP contribution in [0.15, 0.2) is 53.1 Å². The Morgan fingerprint density at radius 2 is 1.88 bits per heavy atom. The Morgan fingerprint density at radius 1 is 1.15 bits per heavy atom. The highest BCUT2D eigenvalue weighted by Crippen LogP contribution is 2.25. The number of non-ortho nitro benzene ring substituents is 1. The largest absolute Gasteiger partial charge is 0.455 e. The number of esters is 1. The Labute approximate surface area is 157 Å². The minimum Gasteiger partial charge on any atom is -0.455 e. The molecule has 0 saturated carbocycles. The second kappa shape index (κ2) is 7.55. The van der Waals surface area contributed by atoms with Gasteiger partial charge < -0.3 is 9.26 Å². The SMILES string of the molecule is O=C(OCc1cc(-c2ccc(Cl)cc2)on1)c1cc([N+](=O)[O-])ccc1Cl. The van der Waals surface area contributed by atoms with E-state index >= 15 is 0 Å². The van der Waals surface area contributed by atoms with Gasteiger partial charge in [0.15, 0.2) is 5.76 Å². The average molecular weight is 393 g/mol. The molecule has 1 aromatic heterocycles. The van der Waals surface area contributed by atoms with Gasteiger partial charge in [0, 0.05) is 28.8 Å². The lowest BCUT2D eigenvalue weighted by Gasteiger charge is -2.04. The van der Waals surface area contributed by atoms with E-state index in [1.165, 1.54) is 12.1 Å². The zero-order valence-corrected chi connectivity index (χ0v) is 14.5. The second-order valence-electron chi connectivity index (χ2n) is 5.19. The maximum atomic E-state index is 12.1. The molecule has 3 aromatic rings. The Balaban J connectivity index is 1.70. The van der Waals surface area contributed by atoms with Crippen LogP contribution in [-0.4, -0.2) is 16.0 Å². The molecule has 0 amide bonds. The number of halogens is 2. The molecule has 3 rings (SSSR count). The number of aromatic nitrogens is 1. The van der Waals surface area contributed by atoms with Gasteiger partial charge in [0.1, 0.15) is 12.3 Å². The third kappa shape index (κ3) is 4.01. The maximum Gasteiger partial charge on any atom is 0.340 e. The van der Waals surface area contributed by atoms with Gasteiger partial charge in [-0.2, -0.15) is 0 Å². The Kier molecular flexibility index (Phi) is 5.20. The topological polar surface area (TPSA) is 95.5 Å². The van der Waals surface area contributed by atoms with Gasteiger partial charge in [-0.1, -0.05) is 28.4 Å². The molecule has 0 fully saturated rings. The van der Waals surface area contributed by atoms with Gasteiger partial charge in [-0.05, 0) is 30.3 Å². The van der Waals surface area contributed by atoms with Crippen molar-refractivity contribution in [3.8, 4) is 11.3 Å². The first-order valence-corrected chi connectivity index (χ1v) is 8.02. The van der Waals surface area contributed by atoms with Crippen molar-refractivity contribution in [2.24, 2.45) is 0 Å². The highest BCUT2D eigenvalue weighted by Gasteiger charge is 2.18. The maximum absolute atomic E-state index is 12.1. The zero-order chi connectivity index (χ0) is 18.7. The normalized spacial score (nSPS) is 10.5. The molecule has 0 saturated heterocycles. The average Bonchev–Trinajstić information content (AvgIpc) is 3.09. The Bertz CT molecular complexity index is 970. The molecule has 0 aliphatic carbocycles. The van der Waals surface area contributed by atoms with Gasteiger partial charge in [0.25, 0.3) is 5.69 Å². The Hall–Kier alpha value is -2.90. The summed E-state index contributed by atoms with van der Waals surface area (Å²) in [5.74, 6) is -0.309. The zero-order valence-electron chi connectivity index (χ0n) is 13.0. The van der Waals surface area contributed by atoms with Crippen molar-refractivity contribution in [2.45, 2.75) is 6.61 Å². The molecule has 0 bridgehead atoms. The first-order chi connectivity index (χ1) is 12.4. The van der Waals surface area contributed by atoms with Crippen LogP contribution < -0.4 is 0 Å². The fraction of sp³-hybridized carbons (Fsp3) is 0.0588. The lowest BCUT2D eigenvalue weighted by molar-refractivity contribution is -0.384. The summed E-state index contributed by atoms with van der Waals surface area (Å²) in [4.78, 5) is 22.3. The number of ether oxygens (including phenoxy) is 1. The number of hydrogen-bond acceptors (Lipinski definition) is 6. The van der Waals surface area contributed by atoms with E-state index in [1.54, 1.807) is 30.3 Å². The number of rotatable bonds is 5. The van der Waals surface area contributed by atoms with Crippen LogP contribution in [0, 0.1) is 10.1 Å². The summed E-state index contributed by atoms with van der Waals surface area (Å²) >= 11 is 11.7. The number of nitro groups is 1. The summed E-state index contributed by atoms with van der Waals surface area (Å²) in [6, 6.07) is 12.1. The van der Waals surface area contributed by atoms with E-state index in [-0.39, 0.29) is 22.9 Å². The minimum absolute atomic E-state index is 0.0580. The van der Waals surface area contributed by atoms with Gasteiger partial charge in [0.2, 0.25) is 0 Å². The lowest BCUT2D eigenvalue weighted by atomic mass is 10.1. The van der Waals surface area contributed by atoms with Crippen LogP contribution >= 0.6 is 23.2 Å². The molecule has 0 radical (unpaired) electrons. The van der Waals surface area contributed by atoms with Crippen LogP contribution in [0.1, 0.15) is 16.1 Å². The summed E-state index contributed by atoms with van der Waals surface area (Å²) < 4.78 is 10.3. The number of carbonyl (C=O) groups excluding carboxylic acids is 1. The highest BCUT2D eigenvalue weighted by molar-refractivity contribution is 6.33. The standard InChI is InChI=1S/C17H10Cl2N2O5/c18-11-3-1-10(2-4-11)16-7-12(20-26-16)9-25-17(22)14-8-13(21(23)24)5-6-15(14)19/h1-8H,9H2. The lowest BCUT2D eigenvalue weighted by Crippen LogP contribution is -2.06. The molecule has 132 valence electrons. The van der Waals surface area contributed by atoms with E-state index in [0.29, 0.717) is 16.5 Å². The predicted octanol–water partition coefficient (Wildman–Crippen LogP) is 4.91. The van der Waals surface area contributed by atoms with E-state index < -0.39 is 10.9 Å². The van der Waals surface area contributed by atoms with Crippen LogP contribution in [0.2, 0.25) is 10.0 Å². The van der Waals surface area contributed by atoms with E-state index in [1.807, 2.05) is 0 Å². The van der Waals surface area contributed by atoms with E-state index in [4.69, 9.17) is 32.5 Å². The number of benzene rings is 2. The molecular weight excluding hydrogens is 383 g/mol. The van der Waals surface area contributed by atoms with Crippen LogP contribution in [-0.2, 0) is 11.3 Å². The summed E-state index contributed by atoms with van der Waals surface area (Å²) in [6.45, 7) is -0.172. The molecule has 1 heterocycles. The summed E-state index contributed by atoms with van der Waals surface area (Å²) in [6.07, 6.45) is 0. The summed E-state index contributed by atoms with van der Waals surface area (Å²) in [5, 5.41) is 15.3. The molecule has 0 atom stereocenters. The van der Waals surface area contributed by atoms with Crippen LogP contribution in [0.3, 0.4) is 0 Å². The number of nitro benzene ring substituents is 1. The van der Waals surface area contributed by atoms with Crippen LogP contribution in [0.5, 0.6) is 0 Å². The first kappa shape index (κ1) is 17.9.